The highest BCUT2D eigenvalue weighted by atomic mass is 16.1. The first kappa shape index (κ1) is 8.73. The minimum atomic E-state index is -0.0782. The van der Waals surface area contributed by atoms with Crippen molar-refractivity contribution < 1.29 is 4.79 Å². The molecule has 5 nitrogen and oxygen atoms in total. The molecule has 0 fully saturated rings. The van der Waals surface area contributed by atoms with Crippen molar-refractivity contribution in [3.8, 4) is 0 Å². The number of carbonyl (C=O) groups is 1. The number of carbonyl (C=O) groups excluding carboxylic acids is 1. The van der Waals surface area contributed by atoms with E-state index >= 15 is 0 Å². The molecular formula is C7H12N4O. The third-order valence-corrected chi connectivity index (χ3v) is 1.36. The lowest BCUT2D eigenvalue weighted by molar-refractivity contribution is -0.116. The van der Waals surface area contributed by atoms with Crippen LogP contribution in [0.15, 0.2) is 12.4 Å². The fourth-order valence-electron chi connectivity index (χ4n) is 0.840. The Labute approximate surface area is 70.5 Å². The van der Waals surface area contributed by atoms with Crippen molar-refractivity contribution in [2.75, 3.05) is 11.9 Å². The normalized spacial score (nSPS) is 9.83. The molecule has 0 saturated heterocycles. The highest BCUT2D eigenvalue weighted by Gasteiger charge is 2.01. The van der Waals surface area contributed by atoms with Gasteiger partial charge in [0.2, 0.25) is 5.91 Å². The first-order valence-electron chi connectivity index (χ1n) is 3.71. The topological polar surface area (TPSA) is 72.9 Å². The van der Waals surface area contributed by atoms with Crippen LogP contribution in [0.2, 0.25) is 0 Å². The van der Waals surface area contributed by atoms with Gasteiger partial charge in [-0.1, -0.05) is 0 Å². The van der Waals surface area contributed by atoms with Crippen LogP contribution in [-0.4, -0.2) is 22.2 Å². The quantitative estimate of drug-likeness (QED) is 0.651. The largest absolute Gasteiger partial charge is 0.330 e. The van der Waals surface area contributed by atoms with E-state index < -0.39 is 0 Å². The van der Waals surface area contributed by atoms with Gasteiger partial charge < -0.3 is 11.1 Å². The van der Waals surface area contributed by atoms with E-state index in [0.29, 0.717) is 18.7 Å². The molecule has 3 N–H and O–H groups in total. The Morgan fingerprint density at radius 2 is 2.58 bits per heavy atom. The molecule has 0 saturated carbocycles. The average molecular weight is 168 g/mol. The van der Waals surface area contributed by atoms with E-state index in [1.807, 2.05) is 0 Å². The minimum Gasteiger partial charge on any atom is -0.330 e. The van der Waals surface area contributed by atoms with Crippen molar-refractivity contribution in [2.24, 2.45) is 12.8 Å². The van der Waals surface area contributed by atoms with Gasteiger partial charge in [0, 0.05) is 26.2 Å². The Balaban J connectivity index is 2.46. The van der Waals surface area contributed by atoms with Crippen LogP contribution in [0.25, 0.3) is 0 Å². The van der Waals surface area contributed by atoms with E-state index in [1.165, 1.54) is 0 Å². The second-order valence-electron chi connectivity index (χ2n) is 2.49. The smallest absolute Gasteiger partial charge is 0.225 e. The van der Waals surface area contributed by atoms with E-state index in [0.717, 1.165) is 0 Å². The molecule has 0 bridgehead atoms. The third-order valence-electron chi connectivity index (χ3n) is 1.36. The molecule has 1 aromatic rings. The van der Waals surface area contributed by atoms with Gasteiger partial charge in [-0.25, -0.2) is 0 Å². The Morgan fingerprint density at radius 1 is 1.83 bits per heavy atom. The molecule has 66 valence electrons. The highest BCUT2D eigenvalue weighted by Crippen LogP contribution is 2.02. The molecule has 0 radical (unpaired) electrons. The van der Waals surface area contributed by atoms with Crippen LogP contribution in [0, 0.1) is 0 Å². The van der Waals surface area contributed by atoms with Gasteiger partial charge in [0.25, 0.3) is 0 Å². The number of anilines is 1. The number of hydrogen-bond acceptors (Lipinski definition) is 3. The summed E-state index contributed by atoms with van der Waals surface area (Å²) in [4.78, 5) is 11.0. The predicted molar refractivity (Wildman–Crippen MR) is 45.5 cm³/mol. The van der Waals surface area contributed by atoms with Gasteiger partial charge in [-0.3, -0.25) is 9.48 Å². The molecule has 5 heteroatoms. The number of nitrogens with two attached hydrogens (primary N) is 1. The summed E-state index contributed by atoms with van der Waals surface area (Å²) < 4.78 is 1.62. The first-order valence-corrected chi connectivity index (χ1v) is 3.71. The van der Waals surface area contributed by atoms with Gasteiger partial charge in [-0.05, 0) is 0 Å². The van der Waals surface area contributed by atoms with Crippen LogP contribution >= 0.6 is 0 Å². The lowest BCUT2D eigenvalue weighted by Gasteiger charge is -1.98. The lowest BCUT2D eigenvalue weighted by Crippen LogP contribution is -2.15. The highest BCUT2D eigenvalue weighted by molar-refractivity contribution is 5.90. The molecule has 1 heterocycles. The van der Waals surface area contributed by atoms with Crippen molar-refractivity contribution in [2.45, 2.75) is 6.42 Å². The molecule has 1 aromatic heterocycles. The van der Waals surface area contributed by atoms with Gasteiger partial charge in [0.05, 0.1) is 11.9 Å². The summed E-state index contributed by atoms with van der Waals surface area (Å²) in [6.07, 6.45) is 3.66. The zero-order valence-corrected chi connectivity index (χ0v) is 6.95. The van der Waals surface area contributed by atoms with E-state index in [4.69, 9.17) is 5.73 Å². The van der Waals surface area contributed by atoms with Crippen LogP contribution < -0.4 is 11.1 Å². The lowest BCUT2D eigenvalue weighted by atomic mass is 10.4. The van der Waals surface area contributed by atoms with Crippen LogP contribution in [0.1, 0.15) is 6.42 Å². The van der Waals surface area contributed by atoms with Crippen molar-refractivity contribution in [1.82, 2.24) is 9.78 Å². The number of aromatic nitrogens is 2. The van der Waals surface area contributed by atoms with Crippen molar-refractivity contribution in [1.29, 1.82) is 0 Å². The standard InChI is InChI=1S/C7H12N4O/c1-11-5-6(4-9-11)10-7(12)2-3-8/h4-5H,2-3,8H2,1H3,(H,10,12). The average Bonchev–Trinajstić information content (AvgIpc) is 2.36. The third kappa shape index (κ3) is 2.35. The Hall–Kier alpha value is -1.36. The summed E-state index contributed by atoms with van der Waals surface area (Å²) >= 11 is 0. The Bertz CT molecular complexity index is 268. The maximum Gasteiger partial charge on any atom is 0.225 e. The second-order valence-corrected chi connectivity index (χ2v) is 2.49. The van der Waals surface area contributed by atoms with Gasteiger partial charge >= 0.3 is 0 Å². The molecule has 0 aliphatic carbocycles. The molecule has 0 aromatic carbocycles. The van der Waals surface area contributed by atoms with Crippen molar-refractivity contribution >= 4 is 11.6 Å². The summed E-state index contributed by atoms with van der Waals surface area (Å²) in [7, 11) is 1.79. The summed E-state index contributed by atoms with van der Waals surface area (Å²) in [5.41, 5.74) is 5.91. The molecule has 12 heavy (non-hydrogen) atoms. The molecule has 0 aliphatic heterocycles. The van der Waals surface area contributed by atoms with Gasteiger partial charge in [-0.15, -0.1) is 0 Å². The van der Waals surface area contributed by atoms with E-state index in [2.05, 4.69) is 10.4 Å². The van der Waals surface area contributed by atoms with E-state index in [-0.39, 0.29) is 5.91 Å². The van der Waals surface area contributed by atoms with Gasteiger partial charge in [0.15, 0.2) is 0 Å². The predicted octanol–water partition coefficient (Wildman–Crippen LogP) is -0.293. The molecule has 0 atom stereocenters. The van der Waals surface area contributed by atoms with E-state index in [1.54, 1.807) is 24.1 Å². The Kier molecular flexibility index (Phi) is 2.82. The zero-order chi connectivity index (χ0) is 8.97. The molecular weight excluding hydrogens is 156 g/mol. The van der Waals surface area contributed by atoms with Crippen LogP contribution in [0.4, 0.5) is 5.69 Å². The van der Waals surface area contributed by atoms with Crippen molar-refractivity contribution in [3.05, 3.63) is 12.4 Å². The number of amides is 1. The van der Waals surface area contributed by atoms with Crippen LogP contribution in [-0.2, 0) is 11.8 Å². The van der Waals surface area contributed by atoms with E-state index in [9.17, 15) is 4.79 Å². The monoisotopic (exact) mass is 168 g/mol. The fraction of sp³-hybridized carbons (Fsp3) is 0.429. The number of hydrogen-bond donors (Lipinski definition) is 2. The number of nitrogens with zero attached hydrogens (tertiary/aromatic N) is 2. The zero-order valence-electron chi connectivity index (χ0n) is 6.95. The molecule has 0 unspecified atom stereocenters. The summed E-state index contributed by atoms with van der Waals surface area (Å²) in [6.45, 7) is 0.367. The summed E-state index contributed by atoms with van der Waals surface area (Å²) in [5.74, 6) is -0.0782. The van der Waals surface area contributed by atoms with Crippen molar-refractivity contribution in [3.63, 3.8) is 0 Å². The molecule has 0 spiro atoms. The molecule has 1 amide bonds. The summed E-state index contributed by atoms with van der Waals surface area (Å²) in [6, 6.07) is 0. The summed E-state index contributed by atoms with van der Waals surface area (Å²) in [5, 5.41) is 6.56. The maximum absolute atomic E-state index is 11.0. The fourth-order valence-corrected chi connectivity index (χ4v) is 0.840. The number of rotatable bonds is 3. The number of aryl methyl sites for hydroxylation is 1. The Morgan fingerprint density at radius 3 is 3.08 bits per heavy atom. The number of nitrogens with one attached hydrogen (secondary N) is 1. The van der Waals surface area contributed by atoms with Crippen LogP contribution in [0.5, 0.6) is 0 Å². The second kappa shape index (κ2) is 3.87. The first-order chi connectivity index (χ1) is 5.72. The van der Waals surface area contributed by atoms with Crippen LogP contribution in [0.3, 0.4) is 0 Å². The van der Waals surface area contributed by atoms with Gasteiger partial charge in [0.1, 0.15) is 0 Å². The van der Waals surface area contributed by atoms with Gasteiger partial charge in [-0.2, -0.15) is 5.10 Å². The SMILES string of the molecule is Cn1cc(NC(=O)CCN)cn1. The minimum absolute atomic E-state index is 0.0782. The molecule has 1 rings (SSSR count). The maximum atomic E-state index is 11.0. The molecule has 0 aliphatic rings.